The van der Waals surface area contributed by atoms with Gasteiger partial charge in [0.15, 0.2) is 5.13 Å². The highest BCUT2D eigenvalue weighted by molar-refractivity contribution is 7.30. The molecular formula is C17H16N2O3S2. The average molecular weight is 360 g/mol. The van der Waals surface area contributed by atoms with Crippen molar-refractivity contribution in [2.45, 2.75) is 20.8 Å². The molecule has 0 atom stereocenters. The first kappa shape index (κ1) is 16.6. The maximum absolute atomic E-state index is 12.3. The van der Waals surface area contributed by atoms with E-state index in [0.29, 0.717) is 22.2 Å². The van der Waals surface area contributed by atoms with Crippen molar-refractivity contribution in [1.82, 2.24) is 4.98 Å². The molecule has 24 heavy (non-hydrogen) atoms. The maximum atomic E-state index is 12.3. The number of carbonyl (C=O) groups is 2. The number of anilines is 1. The summed E-state index contributed by atoms with van der Waals surface area (Å²) in [6.45, 7) is 5.93. The summed E-state index contributed by atoms with van der Waals surface area (Å²) < 4.78 is 5.96. The molecule has 0 aliphatic heterocycles. The van der Waals surface area contributed by atoms with E-state index in [1.807, 2.05) is 32.0 Å². The van der Waals surface area contributed by atoms with Gasteiger partial charge in [0.2, 0.25) is 0 Å². The zero-order valence-corrected chi connectivity index (χ0v) is 15.1. The van der Waals surface area contributed by atoms with Crippen molar-refractivity contribution in [2.24, 2.45) is 0 Å². The van der Waals surface area contributed by atoms with Gasteiger partial charge >= 0.3 is 5.97 Å². The predicted octanol–water partition coefficient (Wildman–Crippen LogP) is 4.40. The Bertz CT molecular complexity index is 927. The lowest BCUT2D eigenvalue weighted by atomic mass is 10.1. The number of nitrogens with zero attached hydrogens (tertiary/aromatic N) is 1. The fourth-order valence-corrected chi connectivity index (χ4v) is 4.50. The Morgan fingerprint density at radius 3 is 2.71 bits per heavy atom. The van der Waals surface area contributed by atoms with Crippen molar-refractivity contribution in [1.29, 1.82) is 0 Å². The number of benzene rings is 1. The number of amides is 1. The third-order valence-electron chi connectivity index (χ3n) is 3.44. The van der Waals surface area contributed by atoms with Gasteiger partial charge in [-0.1, -0.05) is 29.0 Å². The zero-order chi connectivity index (χ0) is 17.3. The molecule has 7 heteroatoms. The van der Waals surface area contributed by atoms with Crippen LogP contribution >= 0.6 is 22.7 Å². The van der Waals surface area contributed by atoms with Gasteiger partial charge in [0, 0.05) is 5.56 Å². The van der Waals surface area contributed by atoms with Gasteiger partial charge in [-0.3, -0.25) is 10.1 Å². The van der Waals surface area contributed by atoms with Gasteiger partial charge in [0.1, 0.15) is 9.71 Å². The van der Waals surface area contributed by atoms with Crippen molar-refractivity contribution < 1.29 is 14.3 Å². The molecule has 0 saturated heterocycles. The summed E-state index contributed by atoms with van der Waals surface area (Å²) in [6.07, 6.45) is 0. The van der Waals surface area contributed by atoms with Gasteiger partial charge in [-0.15, -0.1) is 11.3 Å². The molecule has 0 aliphatic rings. The predicted molar refractivity (Wildman–Crippen MR) is 97.3 cm³/mol. The molecule has 0 radical (unpaired) electrons. The summed E-state index contributed by atoms with van der Waals surface area (Å²) in [5, 5.41) is 3.35. The number of thiazole rings is 1. The monoisotopic (exact) mass is 360 g/mol. The SMILES string of the molecule is CCOC(=O)c1sc2nc(NC(=O)c3cccc(C)c3)sc2c1C. The van der Waals surface area contributed by atoms with E-state index < -0.39 is 0 Å². The van der Waals surface area contributed by atoms with Crippen molar-refractivity contribution in [2.75, 3.05) is 11.9 Å². The molecule has 0 aliphatic carbocycles. The number of nitrogens with one attached hydrogen (secondary N) is 1. The van der Waals surface area contributed by atoms with Crippen LogP contribution in [-0.2, 0) is 4.74 Å². The standard InChI is InChI=1S/C17H16N2O3S2/c1-4-22-16(21)13-10(3)12-15(23-13)19-17(24-12)18-14(20)11-7-5-6-9(2)8-11/h5-8H,4H2,1-3H3,(H,18,19,20). The number of carbonyl (C=O) groups excluding carboxylic acids is 2. The highest BCUT2D eigenvalue weighted by Crippen LogP contribution is 2.37. The number of aromatic nitrogens is 1. The second-order valence-corrected chi connectivity index (χ2v) is 7.25. The smallest absolute Gasteiger partial charge is 0.348 e. The number of thiophene rings is 1. The Labute approximate surface area is 147 Å². The summed E-state index contributed by atoms with van der Waals surface area (Å²) >= 11 is 2.66. The van der Waals surface area contributed by atoms with E-state index in [9.17, 15) is 9.59 Å². The molecule has 5 nitrogen and oxygen atoms in total. The average Bonchev–Trinajstić information content (AvgIpc) is 3.07. The Balaban J connectivity index is 1.84. The summed E-state index contributed by atoms with van der Waals surface area (Å²) in [5.74, 6) is -0.515. The van der Waals surface area contributed by atoms with Crippen molar-refractivity contribution >= 4 is 49.2 Å². The molecule has 0 fully saturated rings. The molecule has 0 bridgehead atoms. The van der Waals surface area contributed by atoms with E-state index in [-0.39, 0.29) is 11.9 Å². The second kappa shape index (κ2) is 6.70. The van der Waals surface area contributed by atoms with Crippen LogP contribution in [0.15, 0.2) is 24.3 Å². The maximum Gasteiger partial charge on any atom is 0.348 e. The third-order valence-corrected chi connectivity index (χ3v) is 5.82. The van der Waals surface area contributed by atoms with Crippen LogP contribution in [0.5, 0.6) is 0 Å². The molecule has 0 spiro atoms. The lowest BCUT2D eigenvalue weighted by Crippen LogP contribution is -2.11. The Hall–Kier alpha value is -2.25. The Morgan fingerprint density at radius 2 is 2.04 bits per heavy atom. The van der Waals surface area contributed by atoms with E-state index >= 15 is 0 Å². The second-order valence-electron chi connectivity index (χ2n) is 5.25. The lowest BCUT2D eigenvalue weighted by molar-refractivity contribution is 0.0531. The molecule has 3 rings (SSSR count). The van der Waals surface area contributed by atoms with Gasteiger partial charge in [0.05, 0.1) is 11.3 Å². The van der Waals surface area contributed by atoms with E-state index in [2.05, 4.69) is 10.3 Å². The van der Waals surface area contributed by atoms with Crippen LogP contribution in [0.3, 0.4) is 0 Å². The van der Waals surface area contributed by atoms with Gasteiger partial charge in [-0.05, 0) is 38.5 Å². The summed E-state index contributed by atoms with van der Waals surface area (Å²) in [5.41, 5.74) is 2.47. The van der Waals surface area contributed by atoms with E-state index in [1.54, 1.807) is 13.0 Å². The highest BCUT2D eigenvalue weighted by atomic mass is 32.1. The largest absolute Gasteiger partial charge is 0.462 e. The van der Waals surface area contributed by atoms with E-state index in [1.165, 1.54) is 22.7 Å². The van der Waals surface area contributed by atoms with Crippen LogP contribution in [0.1, 0.15) is 38.1 Å². The topological polar surface area (TPSA) is 68.3 Å². The van der Waals surface area contributed by atoms with Gasteiger partial charge in [-0.25, -0.2) is 9.78 Å². The van der Waals surface area contributed by atoms with Crippen molar-refractivity contribution in [3.8, 4) is 0 Å². The first-order chi connectivity index (χ1) is 11.5. The number of hydrogen-bond donors (Lipinski definition) is 1. The summed E-state index contributed by atoms with van der Waals surface area (Å²) in [7, 11) is 0. The summed E-state index contributed by atoms with van der Waals surface area (Å²) in [4.78, 5) is 29.9. The number of hydrogen-bond acceptors (Lipinski definition) is 6. The minimum atomic E-state index is -0.324. The number of rotatable bonds is 4. The lowest BCUT2D eigenvalue weighted by Gasteiger charge is -2.02. The number of aryl methyl sites for hydroxylation is 2. The highest BCUT2D eigenvalue weighted by Gasteiger charge is 2.20. The first-order valence-corrected chi connectivity index (χ1v) is 9.08. The number of fused-ring (bicyclic) bond motifs is 1. The van der Waals surface area contributed by atoms with Crippen LogP contribution in [0, 0.1) is 13.8 Å². The van der Waals surface area contributed by atoms with Crippen LogP contribution in [0.25, 0.3) is 9.53 Å². The zero-order valence-electron chi connectivity index (χ0n) is 13.5. The molecule has 1 N–H and O–H groups in total. The molecule has 124 valence electrons. The third kappa shape index (κ3) is 3.18. The molecular weight excluding hydrogens is 344 g/mol. The fraction of sp³-hybridized carbons (Fsp3) is 0.235. The Morgan fingerprint density at radius 1 is 1.25 bits per heavy atom. The quantitative estimate of drug-likeness (QED) is 0.700. The van der Waals surface area contributed by atoms with Crippen LogP contribution in [0.2, 0.25) is 0 Å². The van der Waals surface area contributed by atoms with Gasteiger partial charge < -0.3 is 4.74 Å². The molecule has 1 amide bonds. The van der Waals surface area contributed by atoms with Gasteiger partial charge in [-0.2, -0.15) is 0 Å². The minimum absolute atomic E-state index is 0.191. The minimum Gasteiger partial charge on any atom is -0.462 e. The number of ether oxygens (including phenoxy) is 1. The summed E-state index contributed by atoms with van der Waals surface area (Å²) in [6, 6.07) is 7.38. The molecule has 3 aromatic rings. The van der Waals surface area contributed by atoms with Crippen molar-refractivity contribution in [3.05, 3.63) is 45.8 Å². The molecule has 1 aromatic carbocycles. The van der Waals surface area contributed by atoms with Crippen LogP contribution in [-0.4, -0.2) is 23.5 Å². The molecule has 0 saturated carbocycles. The van der Waals surface area contributed by atoms with Crippen molar-refractivity contribution in [3.63, 3.8) is 0 Å². The van der Waals surface area contributed by atoms with E-state index in [4.69, 9.17) is 4.74 Å². The van der Waals surface area contributed by atoms with Crippen LogP contribution in [0.4, 0.5) is 5.13 Å². The van der Waals surface area contributed by atoms with Crippen LogP contribution < -0.4 is 5.32 Å². The van der Waals surface area contributed by atoms with E-state index in [0.717, 1.165) is 20.7 Å². The first-order valence-electron chi connectivity index (χ1n) is 7.44. The normalized spacial score (nSPS) is 10.8. The molecule has 2 aromatic heterocycles. The molecule has 0 unspecified atom stereocenters. The fourth-order valence-electron chi connectivity index (χ4n) is 2.29. The number of esters is 1. The molecule has 2 heterocycles. The Kier molecular flexibility index (Phi) is 4.64. The van der Waals surface area contributed by atoms with Gasteiger partial charge in [0.25, 0.3) is 5.91 Å².